The van der Waals surface area contributed by atoms with E-state index in [4.69, 9.17) is 5.73 Å². The first-order valence-electron chi connectivity index (χ1n) is 7.69. The van der Waals surface area contributed by atoms with E-state index >= 15 is 0 Å². The summed E-state index contributed by atoms with van der Waals surface area (Å²) in [6.45, 7) is 6.00. The predicted octanol–water partition coefficient (Wildman–Crippen LogP) is 1.07. The Morgan fingerprint density at radius 2 is 1.88 bits per heavy atom. The third kappa shape index (κ3) is 6.71. The number of nitrogens with one attached hydrogen (secondary N) is 2. The third-order valence-electron chi connectivity index (χ3n) is 3.43. The molecule has 0 saturated heterocycles. The standard InChI is InChI=1S/C16H26N4O4S/c1-11(21)18-12-6-7-14(19-25(5,23)24)13(8-12)15(22)20(4)10-16(2,3)9-17/h6-8,19H,9-10,17H2,1-5H3,(H,18,21). The van der Waals surface area contributed by atoms with E-state index in [0.717, 1.165) is 6.26 Å². The zero-order chi connectivity index (χ0) is 19.4. The Bertz CT molecular complexity index is 759. The highest BCUT2D eigenvalue weighted by molar-refractivity contribution is 7.92. The molecule has 0 spiro atoms. The first-order valence-corrected chi connectivity index (χ1v) is 9.59. The predicted molar refractivity (Wildman–Crippen MR) is 99.0 cm³/mol. The highest BCUT2D eigenvalue weighted by Gasteiger charge is 2.24. The maximum atomic E-state index is 12.8. The molecular weight excluding hydrogens is 344 g/mol. The van der Waals surface area contributed by atoms with Crippen LogP contribution in [0.4, 0.5) is 11.4 Å². The summed E-state index contributed by atoms with van der Waals surface area (Å²) in [5.74, 6) is -0.667. The monoisotopic (exact) mass is 370 g/mol. The number of benzene rings is 1. The molecule has 140 valence electrons. The molecular formula is C16H26N4O4S. The lowest BCUT2D eigenvalue weighted by atomic mass is 9.93. The molecule has 8 nitrogen and oxygen atoms in total. The van der Waals surface area contributed by atoms with Crippen LogP contribution in [0.5, 0.6) is 0 Å². The zero-order valence-corrected chi connectivity index (χ0v) is 16.0. The van der Waals surface area contributed by atoms with E-state index in [0.29, 0.717) is 18.8 Å². The molecule has 0 fully saturated rings. The van der Waals surface area contributed by atoms with Crippen LogP contribution in [0.2, 0.25) is 0 Å². The molecule has 1 rings (SSSR count). The van der Waals surface area contributed by atoms with Gasteiger partial charge in [0.2, 0.25) is 15.9 Å². The number of hydrogen-bond donors (Lipinski definition) is 3. The van der Waals surface area contributed by atoms with Gasteiger partial charge in [-0.25, -0.2) is 8.42 Å². The Morgan fingerprint density at radius 1 is 1.28 bits per heavy atom. The van der Waals surface area contributed by atoms with Crippen molar-refractivity contribution in [3.8, 4) is 0 Å². The highest BCUT2D eigenvalue weighted by Crippen LogP contribution is 2.24. The molecule has 25 heavy (non-hydrogen) atoms. The summed E-state index contributed by atoms with van der Waals surface area (Å²) in [6.07, 6.45) is 1.00. The van der Waals surface area contributed by atoms with Gasteiger partial charge in [0.05, 0.1) is 17.5 Å². The van der Waals surface area contributed by atoms with Crippen LogP contribution in [0, 0.1) is 5.41 Å². The molecule has 0 heterocycles. The second-order valence-corrected chi connectivity index (χ2v) is 8.59. The van der Waals surface area contributed by atoms with Gasteiger partial charge in [0, 0.05) is 26.2 Å². The van der Waals surface area contributed by atoms with E-state index in [2.05, 4.69) is 10.0 Å². The minimum absolute atomic E-state index is 0.145. The van der Waals surface area contributed by atoms with Crippen molar-refractivity contribution in [1.29, 1.82) is 0 Å². The molecule has 0 aliphatic carbocycles. The van der Waals surface area contributed by atoms with Crippen LogP contribution in [0.25, 0.3) is 0 Å². The molecule has 0 aliphatic rings. The van der Waals surface area contributed by atoms with E-state index in [1.54, 1.807) is 7.05 Å². The summed E-state index contributed by atoms with van der Waals surface area (Å²) in [5.41, 5.74) is 6.12. The Hall–Kier alpha value is -2.13. The average molecular weight is 370 g/mol. The topological polar surface area (TPSA) is 122 Å². The number of carbonyl (C=O) groups is 2. The molecule has 1 aromatic rings. The summed E-state index contributed by atoms with van der Waals surface area (Å²) in [4.78, 5) is 25.5. The van der Waals surface area contributed by atoms with Crippen LogP contribution in [-0.4, -0.2) is 51.5 Å². The van der Waals surface area contributed by atoms with Crippen LogP contribution < -0.4 is 15.8 Å². The summed E-state index contributed by atoms with van der Waals surface area (Å²) in [6, 6.07) is 4.42. The van der Waals surface area contributed by atoms with Gasteiger partial charge in [0.15, 0.2) is 0 Å². The normalized spacial score (nSPS) is 11.8. The van der Waals surface area contributed by atoms with Gasteiger partial charge in [-0.15, -0.1) is 0 Å². The molecule has 2 amide bonds. The summed E-state index contributed by atoms with van der Waals surface area (Å²) in [5, 5.41) is 2.58. The van der Waals surface area contributed by atoms with Gasteiger partial charge < -0.3 is 16.0 Å². The maximum Gasteiger partial charge on any atom is 0.255 e. The van der Waals surface area contributed by atoms with Gasteiger partial charge in [0.1, 0.15) is 0 Å². The van der Waals surface area contributed by atoms with Crippen molar-refractivity contribution >= 4 is 33.2 Å². The minimum Gasteiger partial charge on any atom is -0.341 e. The number of nitrogens with two attached hydrogens (primary N) is 1. The minimum atomic E-state index is -3.56. The molecule has 0 unspecified atom stereocenters. The van der Waals surface area contributed by atoms with E-state index in [1.807, 2.05) is 13.8 Å². The molecule has 0 saturated carbocycles. The van der Waals surface area contributed by atoms with E-state index in [-0.39, 0.29) is 28.5 Å². The van der Waals surface area contributed by atoms with Crippen molar-refractivity contribution in [2.75, 3.05) is 36.4 Å². The fraction of sp³-hybridized carbons (Fsp3) is 0.500. The highest BCUT2D eigenvalue weighted by atomic mass is 32.2. The largest absolute Gasteiger partial charge is 0.341 e. The molecule has 0 atom stereocenters. The first-order chi connectivity index (χ1) is 11.3. The van der Waals surface area contributed by atoms with Gasteiger partial charge in [-0.2, -0.15) is 0 Å². The van der Waals surface area contributed by atoms with Crippen LogP contribution in [-0.2, 0) is 14.8 Å². The number of nitrogens with zero attached hydrogens (tertiary/aromatic N) is 1. The van der Waals surface area contributed by atoms with E-state index < -0.39 is 10.0 Å². The number of sulfonamides is 1. The van der Waals surface area contributed by atoms with Crippen molar-refractivity contribution in [1.82, 2.24) is 4.90 Å². The molecule has 1 aromatic carbocycles. The second kappa shape index (κ2) is 7.83. The smallest absolute Gasteiger partial charge is 0.255 e. The SMILES string of the molecule is CC(=O)Nc1ccc(NS(C)(=O)=O)c(C(=O)N(C)CC(C)(C)CN)c1. The number of amides is 2. The molecule has 0 bridgehead atoms. The average Bonchev–Trinajstić information content (AvgIpc) is 2.45. The van der Waals surface area contributed by atoms with Gasteiger partial charge in [-0.05, 0) is 30.2 Å². The molecule has 0 aromatic heterocycles. The first kappa shape index (κ1) is 20.9. The Morgan fingerprint density at radius 3 is 2.36 bits per heavy atom. The summed E-state index contributed by atoms with van der Waals surface area (Å²) >= 11 is 0. The lowest BCUT2D eigenvalue weighted by molar-refractivity contribution is -0.114. The lowest BCUT2D eigenvalue weighted by Crippen LogP contribution is -2.40. The quantitative estimate of drug-likeness (QED) is 0.663. The van der Waals surface area contributed by atoms with Gasteiger partial charge >= 0.3 is 0 Å². The third-order valence-corrected chi connectivity index (χ3v) is 4.02. The van der Waals surface area contributed by atoms with Gasteiger partial charge in [0.25, 0.3) is 5.91 Å². The van der Waals surface area contributed by atoms with E-state index in [9.17, 15) is 18.0 Å². The van der Waals surface area contributed by atoms with Crippen molar-refractivity contribution < 1.29 is 18.0 Å². The lowest BCUT2D eigenvalue weighted by Gasteiger charge is -2.29. The van der Waals surface area contributed by atoms with Crippen molar-refractivity contribution in [2.24, 2.45) is 11.1 Å². The van der Waals surface area contributed by atoms with Gasteiger partial charge in [-0.3, -0.25) is 14.3 Å². The number of carbonyl (C=O) groups excluding carboxylic acids is 2. The van der Waals surface area contributed by atoms with Crippen LogP contribution in [0.15, 0.2) is 18.2 Å². The van der Waals surface area contributed by atoms with E-state index in [1.165, 1.54) is 30.0 Å². The number of hydrogen-bond acceptors (Lipinski definition) is 5. The second-order valence-electron chi connectivity index (χ2n) is 6.85. The Balaban J connectivity index is 3.26. The zero-order valence-electron chi connectivity index (χ0n) is 15.2. The van der Waals surface area contributed by atoms with Crippen molar-refractivity contribution in [3.63, 3.8) is 0 Å². The molecule has 4 N–H and O–H groups in total. The van der Waals surface area contributed by atoms with Crippen LogP contribution in [0.1, 0.15) is 31.1 Å². The van der Waals surface area contributed by atoms with Crippen LogP contribution in [0.3, 0.4) is 0 Å². The molecule has 0 radical (unpaired) electrons. The fourth-order valence-corrected chi connectivity index (χ4v) is 2.85. The summed E-state index contributed by atoms with van der Waals surface area (Å²) < 4.78 is 25.5. The maximum absolute atomic E-state index is 12.8. The Kier molecular flexibility index (Phi) is 6.55. The molecule has 0 aliphatic heterocycles. The van der Waals surface area contributed by atoms with Crippen molar-refractivity contribution in [2.45, 2.75) is 20.8 Å². The van der Waals surface area contributed by atoms with Crippen LogP contribution >= 0.6 is 0 Å². The fourth-order valence-electron chi connectivity index (χ4n) is 2.27. The van der Waals surface area contributed by atoms with Crippen molar-refractivity contribution in [3.05, 3.63) is 23.8 Å². The Labute approximate surface area is 148 Å². The summed E-state index contributed by atoms with van der Waals surface area (Å²) in [7, 11) is -1.94. The van der Waals surface area contributed by atoms with Gasteiger partial charge in [-0.1, -0.05) is 13.8 Å². The number of anilines is 2. The number of rotatable bonds is 7. The molecule has 9 heteroatoms.